The molecule has 0 spiro atoms. The summed E-state index contributed by atoms with van der Waals surface area (Å²) in [5.41, 5.74) is 1.19. The molecule has 20 heavy (non-hydrogen) atoms. The normalized spacial score (nSPS) is 11.8. The molecule has 0 bridgehead atoms. The fourth-order valence-corrected chi connectivity index (χ4v) is 2.41. The molecule has 2 aromatic rings. The van der Waals surface area contributed by atoms with Crippen LogP contribution in [0.1, 0.15) is 11.1 Å². The topological polar surface area (TPSA) is 69.6 Å². The van der Waals surface area contributed by atoms with E-state index >= 15 is 0 Å². The smallest absolute Gasteiger partial charge is 0.858 e. The average Bonchev–Trinajstić information content (AvgIpc) is 2.40. The van der Waals surface area contributed by atoms with Gasteiger partial charge in [-0.1, -0.05) is 48.0 Å². The summed E-state index contributed by atoms with van der Waals surface area (Å²) in [6.07, 6.45) is 0. The average molecular weight is 297 g/mol. The third-order valence-corrected chi connectivity index (χ3v) is 3.82. The zero-order valence-corrected chi connectivity index (χ0v) is 14.1. The van der Waals surface area contributed by atoms with Crippen LogP contribution in [0, 0.1) is 6.92 Å². The number of hydrogen-bond donors (Lipinski definition) is 0. The second-order valence-corrected chi connectivity index (χ2v) is 5.65. The predicted molar refractivity (Wildman–Crippen MR) is 71.3 cm³/mol. The maximum Gasteiger partial charge on any atom is 1.00 e. The zero-order chi connectivity index (χ0) is 13.9. The molecule has 0 N–H and O–H groups in total. The predicted octanol–water partition coefficient (Wildman–Crippen LogP) is -1.51. The molecule has 0 amide bonds. The molecule has 0 unspecified atom stereocenters. The van der Waals surface area contributed by atoms with E-state index in [4.69, 9.17) is 0 Å². The molecule has 0 aliphatic carbocycles. The number of benzene rings is 2. The van der Waals surface area contributed by atoms with Gasteiger partial charge in [0.15, 0.2) is 0 Å². The Morgan fingerprint density at radius 3 is 2.10 bits per heavy atom. The summed E-state index contributed by atoms with van der Waals surface area (Å²) in [6.45, 7) is 1.85. The van der Waals surface area contributed by atoms with Crippen molar-refractivity contribution < 1.29 is 43.1 Å². The number of aryl methyl sites for hydroxylation is 1. The molecule has 0 aromatic heterocycles. The number of hydrogen-bond acceptors (Lipinski definition) is 3. The first kappa shape index (κ1) is 16.9. The Kier molecular flexibility index (Phi) is 5.95. The minimum absolute atomic E-state index is 0. The number of sulfonamides is 1. The summed E-state index contributed by atoms with van der Waals surface area (Å²) in [7, 11) is -3.95. The van der Waals surface area contributed by atoms with Crippen molar-refractivity contribution in [3.8, 4) is 0 Å². The van der Waals surface area contributed by atoms with Crippen molar-refractivity contribution in [3.63, 3.8) is 0 Å². The Bertz CT molecular complexity index is 695. The van der Waals surface area contributed by atoms with E-state index in [0.717, 1.165) is 5.56 Å². The largest absolute Gasteiger partial charge is 1.00 e. The molecule has 4 nitrogen and oxygen atoms in total. The summed E-state index contributed by atoms with van der Waals surface area (Å²) in [5.74, 6) is -0.763. The second-order valence-electron chi connectivity index (χ2n) is 4.05. The van der Waals surface area contributed by atoms with Crippen molar-refractivity contribution in [1.29, 1.82) is 0 Å². The maximum absolute atomic E-state index is 11.9. The van der Waals surface area contributed by atoms with E-state index in [0.29, 0.717) is 0 Å². The van der Waals surface area contributed by atoms with E-state index in [1.165, 1.54) is 24.3 Å². The first-order valence-corrected chi connectivity index (χ1v) is 7.07. The summed E-state index contributed by atoms with van der Waals surface area (Å²) < 4.78 is 27.2. The van der Waals surface area contributed by atoms with Gasteiger partial charge in [-0.15, -0.1) is 0 Å². The fraction of sp³-hybridized carbons (Fsp3) is 0.0714. The van der Waals surface area contributed by atoms with Gasteiger partial charge in [0, 0.05) is 5.90 Å². The fourth-order valence-electron chi connectivity index (χ4n) is 1.51. The summed E-state index contributed by atoms with van der Waals surface area (Å²) in [4.78, 5) is 0.0161. The standard InChI is InChI=1S/C14H13NO3S.Na/c1-11-7-9-13(10-8-11)19(17,18)15-14(16)12-5-3-2-4-6-12;/h2-10H,1H3,(H,15,16);/q;+1/p-1. The van der Waals surface area contributed by atoms with Crippen LogP contribution in [0.3, 0.4) is 0 Å². The van der Waals surface area contributed by atoms with Gasteiger partial charge in [-0.2, -0.15) is 12.8 Å². The van der Waals surface area contributed by atoms with E-state index in [-0.39, 0.29) is 40.0 Å². The van der Waals surface area contributed by atoms with E-state index < -0.39 is 15.9 Å². The van der Waals surface area contributed by atoms with Gasteiger partial charge in [-0.25, -0.2) is 0 Å². The third kappa shape index (κ3) is 4.18. The molecule has 2 rings (SSSR count). The molecule has 0 atom stereocenters. The molecule has 98 valence electrons. The van der Waals surface area contributed by atoms with Crippen LogP contribution < -0.4 is 34.7 Å². The van der Waals surface area contributed by atoms with Gasteiger partial charge in [0.2, 0.25) is 0 Å². The summed E-state index contributed by atoms with van der Waals surface area (Å²) in [5, 5.41) is 11.8. The zero-order valence-electron chi connectivity index (χ0n) is 11.3. The molecule has 0 radical (unpaired) electrons. The van der Waals surface area contributed by atoms with Gasteiger partial charge in [0.1, 0.15) is 0 Å². The molecule has 0 heterocycles. The Hall–Kier alpha value is -1.14. The Labute approximate surface area is 140 Å². The van der Waals surface area contributed by atoms with Gasteiger partial charge < -0.3 is 5.11 Å². The van der Waals surface area contributed by atoms with Crippen molar-refractivity contribution in [1.82, 2.24) is 0 Å². The van der Waals surface area contributed by atoms with Crippen molar-refractivity contribution >= 4 is 15.9 Å². The Morgan fingerprint density at radius 2 is 1.55 bits per heavy atom. The molecular weight excluding hydrogens is 285 g/mol. The van der Waals surface area contributed by atoms with Crippen LogP contribution >= 0.6 is 0 Å². The van der Waals surface area contributed by atoms with Gasteiger partial charge >= 0.3 is 29.6 Å². The molecule has 0 saturated heterocycles. The third-order valence-electron chi connectivity index (χ3n) is 2.54. The van der Waals surface area contributed by atoms with Crippen LogP contribution in [-0.2, 0) is 10.0 Å². The minimum Gasteiger partial charge on any atom is -0.858 e. The first-order valence-electron chi connectivity index (χ1n) is 5.63. The van der Waals surface area contributed by atoms with Crippen LogP contribution in [-0.4, -0.2) is 14.3 Å². The van der Waals surface area contributed by atoms with Crippen molar-refractivity contribution in [2.75, 3.05) is 0 Å². The molecule has 0 aliphatic rings. The van der Waals surface area contributed by atoms with Crippen molar-refractivity contribution in [3.05, 3.63) is 65.7 Å². The molecule has 0 aliphatic heterocycles. The maximum atomic E-state index is 11.9. The summed E-state index contributed by atoms with van der Waals surface area (Å²) >= 11 is 0. The van der Waals surface area contributed by atoms with Gasteiger partial charge in [-0.05, 0) is 24.6 Å². The molecular formula is C14H12NNaO3S. The van der Waals surface area contributed by atoms with E-state index in [9.17, 15) is 13.5 Å². The molecule has 6 heteroatoms. The van der Waals surface area contributed by atoms with Crippen LogP contribution in [0.25, 0.3) is 0 Å². The SMILES string of the molecule is Cc1ccc(S(=O)(=O)N=C([O-])c2ccccc2)cc1.[Na+]. The summed E-state index contributed by atoms with van der Waals surface area (Å²) in [6, 6.07) is 14.3. The molecule has 0 saturated carbocycles. The Balaban J connectivity index is 0.00000200. The first-order chi connectivity index (χ1) is 8.99. The van der Waals surface area contributed by atoms with Crippen molar-refractivity contribution in [2.45, 2.75) is 11.8 Å². The van der Waals surface area contributed by atoms with E-state index in [1.54, 1.807) is 30.3 Å². The monoisotopic (exact) mass is 297 g/mol. The van der Waals surface area contributed by atoms with Crippen LogP contribution in [0.4, 0.5) is 0 Å². The minimum atomic E-state index is -3.95. The molecule has 0 fully saturated rings. The van der Waals surface area contributed by atoms with Gasteiger partial charge in [0.05, 0.1) is 4.90 Å². The quantitative estimate of drug-likeness (QED) is 0.393. The van der Waals surface area contributed by atoms with Gasteiger partial charge in [-0.3, -0.25) is 0 Å². The van der Waals surface area contributed by atoms with Crippen LogP contribution in [0.15, 0.2) is 63.9 Å². The van der Waals surface area contributed by atoms with E-state index in [2.05, 4.69) is 4.40 Å². The second kappa shape index (κ2) is 7.04. The Morgan fingerprint density at radius 1 is 1.00 bits per heavy atom. The number of nitrogens with zero attached hydrogens (tertiary/aromatic N) is 1. The molecule has 2 aromatic carbocycles. The van der Waals surface area contributed by atoms with E-state index in [1.807, 2.05) is 6.92 Å². The number of rotatable bonds is 3. The van der Waals surface area contributed by atoms with Crippen LogP contribution in [0.2, 0.25) is 0 Å². The van der Waals surface area contributed by atoms with Crippen LogP contribution in [0.5, 0.6) is 0 Å². The van der Waals surface area contributed by atoms with Crippen molar-refractivity contribution in [2.24, 2.45) is 4.40 Å². The van der Waals surface area contributed by atoms with Gasteiger partial charge in [0.25, 0.3) is 10.0 Å².